The SMILES string of the molecule is CCC(C(=O)NC(C)C)N(Cc1ccc(Cl)cc1)C(=O)CSCc1ccccc1F. The van der Waals surface area contributed by atoms with Crippen molar-refractivity contribution in [1.29, 1.82) is 0 Å². The molecule has 1 atom stereocenters. The molecule has 0 saturated carbocycles. The van der Waals surface area contributed by atoms with Crippen molar-refractivity contribution in [2.24, 2.45) is 0 Å². The predicted molar refractivity (Wildman–Crippen MR) is 122 cm³/mol. The first-order valence-corrected chi connectivity index (χ1v) is 11.5. The van der Waals surface area contributed by atoms with Crippen LogP contribution in [-0.2, 0) is 21.9 Å². The molecule has 2 rings (SSSR count). The number of amides is 2. The van der Waals surface area contributed by atoms with E-state index in [1.54, 1.807) is 35.2 Å². The van der Waals surface area contributed by atoms with Crippen molar-refractivity contribution in [1.82, 2.24) is 10.2 Å². The largest absolute Gasteiger partial charge is 0.352 e. The summed E-state index contributed by atoms with van der Waals surface area (Å²) >= 11 is 7.31. The van der Waals surface area contributed by atoms with Crippen LogP contribution in [0.25, 0.3) is 0 Å². The van der Waals surface area contributed by atoms with Crippen LogP contribution < -0.4 is 5.32 Å². The number of halogens is 2. The third-order valence-corrected chi connectivity index (χ3v) is 5.74. The second kappa shape index (κ2) is 12.0. The third-order valence-electron chi connectivity index (χ3n) is 4.52. The quantitative estimate of drug-likeness (QED) is 0.551. The molecular formula is C23H28ClFN2O2S. The molecule has 162 valence electrons. The van der Waals surface area contributed by atoms with Crippen LogP contribution in [-0.4, -0.2) is 34.6 Å². The molecule has 0 saturated heterocycles. The molecule has 1 N–H and O–H groups in total. The van der Waals surface area contributed by atoms with E-state index in [4.69, 9.17) is 11.6 Å². The molecule has 0 aliphatic heterocycles. The molecular weight excluding hydrogens is 423 g/mol. The van der Waals surface area contributed by atoms with E-state index in [9.17, 15) is 14.0 Å². The number of rotatable bonds is 10. The van der Waals surface area contributed by atoms with Gasteiger partial charge in [0.1, 0.15) is 11.9 Å². The average Bonchev–Trinajstić information content (AvgIpc) is 2.70. The van der Waals surface area contributed by atoms with E-state index in [0.717, 1.165) is 5.56 Å². The lowest BCUT2D eigenvalue weighted by Gasteiger charge is -2.31. The second-order valence-corrected chi connectivity index (χ2v) is 8.74. The molecule has 0 bridgehead atoms. The number of carbonyl (C=O) groups excluding carboxylic acids is 2. The molecule has 0 aromatic heterocycles. The highest BCUT2D eigenvalue weighted by Crippen LogP contribution is 2.19. The molecule has 4 nitrogen and oxygen atoms in total. The van der Waals surface area contributed by atoms with Gasteiger partial charge in [0.2, 0.25) is 11.8 Å². The van der Waals surface area contributed by atoms with Gasteiger partial charge in [-0.05, 0) is 49.6 Å². The monoisotopic (exact) mass is 450 g/mol. The minimum absolute atomic E-state index is 0.0190. The normalized spacial score (nSPS) is 11.9. The first-order valence-electron chi connectivity index (χ1n) is 9.97. The summed E-state index contributed by atoms with van der Waals surface area (Å²) in [7, 11) is 0. The molecule has 0 heterocycles. The Bertz CT molecular complexity index is 845. The van der Waals surface area contributed by atoms with E-state index in [1.165, 1.54) is 17.8 Å². The molecule has 2 amide bonds. The van der Waals surface area contributed by atoms with Crippen molar-refractivity contribution in [3.63, 3.8) is 0 Å². The van der Waals surface area contributed by atoms with Crippen molar-refractivity contribution >= 4 is 35.2 Å². The highest BCUT2D eigenvalue weighted by Gasteiger charge is 2.28. The second-order valence-electron chi connectivity index (χ2n) is 7.32. The Kier molecular flexibility index (Phi) is 9.66. The summed E-state index contributed by atoms with van der Waals surface area (Å²) in [6.45, 7) is 5.97. The maximum Gasteiger partial charge on any atom is 0.243 e. The number of carbonyl (C=O) groups is 2. The van der Waals surface area contributed by atoms with Crippen molar-refractivity contribution in [3.8, 4) is 0 Å². The van der Waals surface area contributed by atoms with Gasteiger partial charge in [-0.2, -0.15) is 0 Å². The summed E-state index contributed by atoms with van der Waals surface area (Å²) in [5, 5.41) is 3.52. The molecule has 2 aromatic rings. The van der Waals surface area contributed by atoms with E-state index < -0.39 is 6.04 Å². The Balaban J connectivity index is 2.13. The average molecular weight is 451 g/mol. The zero-order valence-electron chi connectivity index (χ0n) is 17.5. The van der Waals surface area contributed by atoms with Crippen LogP contribution in [0.3, 0.4) is 0 Å². The van der Waals surface area contributed by atoms with Gasteiger partial charge in [0.05, 0.1) is 5.75 Å². The molecule has 30 heavy (non-hydrogen) atoms. The van der Waals surface area contributed by atoms with Gasteiger partial charge in [-0.15, -0.1) is 11.8 Å². The number of benzene rings is 2. The van der Waals surface area contributed by atoms with Crippen molar-refractivity contribution in [2.75, 3.05) is 5.75 Å². The van der Waals surface area contributed by atoms with Crippen molar-refractivity contribution in [2.45, 2.75) is 51.6 Å². The number of nitrogens with one attached hydrogen (secondary N) is 1. The third kappa shape index (κ3) is 7.33. The summed E-state index contributed by atoms with van der Waals surface area (Å²) in [5.41, 5.74) is 1.45. The summed E-state index contributed by atoms with van der Waals surface area (Å²) < 4.78 is 13.8. The minimum Gasteiger partial charge on any atom is -0.352 e. The van der Waals surface area contributed by atoms with E-state index in [0.29, 0.717) is 29.3 Å². The fourth-order valence-electron chi connectivity index (χ4n) is 3.03. The molecule has 7 heteroatoms. The van der Waals surface area contributed by atoms with Gasteiger partial charge in [0.25, 0.3) is 0 Å². The molecule has 1 unspecified atom stereocenters. The van der Waals surface area contributed by atoms with Crippen molar-refractivity contribution < 1.29 is 14.0 Å². The molecule has 0 fully saturated rings. The topological polar surface area (TPSA) is 49.4 Å². The van der Waals surface area contributed by atoms with Crippen LogP contribution in [0.4, 0.5) is 4.39 Å². The molecule has 0 radical (unpaired) electrons. The lowest BCUT2D eigenvalue weighted by molar-refractivity contribution is -0.139. The maximum atomic E-state index is 13.8. The van der Waals surface area contributed by atoms with Crippen LogP contribution in [0, 0.1) is 5.82 Å². The van der Waals surface area contributed by atoms with Crippen LogP contribution >= 0.6 is 23.4 Å². The Morgan fingerprint density at radius 3 is 2.40 bits per heavy atom. The van der Waals surface area contributed by atoms with Gasteiger partial charge < -0.3 is 10.2 Å². The molecule has 0 spiro atoms. The summed E-state index contributed by atoms with van der Waals surface area (Å²) in [6.07, 6.45) is 0.496. The van der Waals surface area contributed by atoms with Crippen LogP contribution in [0.5, 0.6) is 0 Å². The Hall–Kier alpha value is -2.05. The van der Waals surface area contributed by atoms with Crippen LogP contribution in [0.15, 0.2) is 48.5 Å². The standard InChI is InChI=1S/C23H28ClFN2O2S/c1-4-21(23(29)26-16(2)3)27(13-17-9-11-19(24)12-10-17)22(28)15-30-14-18-7-5-6-8-20(18)25/h5-12,16,21H,4,13-15H2,1-3H3,(H,26,29). The van der Waals surface area contributed by atoms with E-state index in [1.807, 2.05) is 32.9 Å². The summed E-state index contributed by atoms with van der Waals surface area (Å²) in [4.78, 5) is 27.4. The van der Waals surface area contributed by atoms with Gasteiger partial charge >= 0.3 is 0 Å². The number of hydrogen-bond donors (Lipinski definition) is 1. The van der Waals surface area contributed by atoms with Crippen LogP contribution in [0.1, 0.15) is 38.3 Å². The number of thioether (sulfide) groups is 1. The summed E-state index contributed by atoms with van der Waals surface area (Å²) in [5.74, 6) is -0.0561. The van der Waals surface area contributed by atoms with Gasteiger partial charge in [0.15, 0.2) is 0 Å². The predicted octanol–water partition coefficient (Wildman–Crippen LogP) is 5.04. The fraction of sp³-hybridized carbons (Fsp3) is 0.391. The van der Waals surface area contributed by atoms with Gasteiger partial charge in [0, 0.05) is 23.4 Å². The van der Waals surface area contributed by atoms with E-state index in [2.05, 4.69) is 5.32 Å². The van der Waals surface area contributed by atoms with E-state index >= 15 is 0 Å². The van der Waals surface area contributed by atoms with Gasteiger partial charge in [-0.3, -0.25) is 9.59 Å². The highest BCUT2D eigenvalue weighted by atomic mass is 35.5. The zero-order chi connectivity index (χ0) is 22.1. The van der Waals surface area contributed by atoms with Crippen LogP contribution in [0.2, 0.25) is 5.02 Å². The Morgan fingerprint density at radius 1 is 1.13 bits per heavy atom. The maximum absolute atomic E-state index is 13.8. The number of hydrogen-bond acceptors (Lipinski definition) is 3. The zero-order valence-corrected chi connectivity index (χ0v) is 19.1. The Morgan fingerprint density at radius 2 is 1.80 bits per heavy atom. The molecule has 0 aliphatic rings. The van der Waals surface area contributed by atoms with Gasteiger partial charge in [-0.1, -0.05) is 48.9 Å². The number of nitrogens with zero attached hydrogens (tertiary/aromatic N) is 1. The smallest absolute Gasteiger partial charge is 0.243 e. The highest BCUT2D eigenvalue weighted by molar-refractivity contribution is 7.99. The van der Waals surface area contributed by atoms with Gasteiger partial charge in [-0.25, -0.2) is 4.39 Å². The fourth-order valence-corrected chi connectivity index (χ4v) is 4.06. The summed E-state index contributed by atoms with van der Waals surface area (Å²) in [6, 6.07) is 13.2. The minimum atomic E-state index is -0.579. The Labute approximate surface area is 187 Å². The van der Waals surface area contributed by atoms with E-state index in [-0.39, 0.29) is 29.4 Å². The lowest BCUT2D eigenvalue weighted by atomic mass is 10.1. The molecule has 2 aromatic carbocycles. The van der Waals surface area contributed by atoms with Crippen molar-refractivity contribution in [3.05, 3.63) is 70.5 Å². The lowest BCUT2D eigenvalue weighted by Crippen LogP contribution is -2.50. The molecule has 0 aliphatic carbocycles. The first-order chi connectivity index (χ1) is 14.3. The first kappa shape index (κ1) is 24.2.